The van der Waals surface area contributed by atoms with Gasteiger partial charge in [-0.2, -0.15) is 0 Å². The van der Waals surface area contributed by atoms with E-state index in [1.165, 1.54) is 29.7 Å². The molecule has 1 aliphatic carbocycles. The Hall–Kier alpha value is -2.25. The van der Waals surface area contributed by atoms with E-state index in [0.29, 0.717) is 11.6 Å². The molecule has 1 aromatic heterocycles. The number of hydrogen-bond donors (Lipinski definition) is 3. The Morgan fingerprint density at radius 3 is 2.93 bits per heavy atom. The highest BCUT2D eigenvalue weighted by Crippen LogP contribution is 2.36. The molecule has 0 spiro atoms. The summed E-state index contributed by atoms with van der Waals surface area (Å²) in [6.45, 7) is 0.879. The summed E-state index contributed by atoms with van der Waals surface area (Å²) >= 11 is 1.73. The molecular weight excluding hydrogens is 358 g/mol. The number of nitrogens with one attached hydrogen (secondary N) is 2. The first-order valence-electron chi connectivity index (χ1n) is 9.45. The van der Waals surface area contributed by atoms with E-state index in [4.69, 9.17) is 5.73 Å². The van der Waals surface area contributed by atoms with Crippen LogP contribution in [0.15, 0.2) is 45.1 Å². The number of hydrogen-bond acceptors (Lipinski definition) is 5. The predicted molar refractivity (Wildman–Crippen MR) is 112 cm³/mol. The van der Waals surface area contributed by atoms with Crippen LogP contribution in [0.5, 0.6) is 0 Å². The summed E-state index contributed by atoms with van der Waals surface area (Å²) in [7, 11) is 2.06. The second kappa shape index (κ2) is 7.78. The Balaban J connectivity index is 1.63. The Morgan fingerprint density at radius 1 is 1.30 bits per heavy atom. The van der Waals surface area contributed by atoms with Gasteiger partial charge < -0.3 is 16.0 Å². The van der Waals surface area contributed by atoms with Crippen molar-refractivity contribution >= 4 is 29.2 Å². The summed E-state index contributed by atoms with van der Waals surface area (Å²) in [6, 6.07) is 8.32. The van der Waals surface area contributed by atoms with Crippen molar-refractivity contribution < 1.29 is 0 Å². The lowest BCUT2D eigenvalue weighted by atomic mass is 9.95. The maximum Gasteiger partial charge on any atom is 0.261 e. The molecule has 4 rings (SSSR count). The largest absolute Gasteiger partial charge is 0.383 e. The van der Waals surface area contributed by atoms with Gasteiger partial charge in [-0.1, -0.05) is 19.3 Å². The predicted octanol–water partition coefficient (Wildman–Crippen LogP) is 3.61. The van der Waals surface area contributed by atoms with E-state index in [2.05, 4.69) is 32.7 Å². The number of H-pyrrole nitrogens is 1. The van der Waals surface area contributed by atoms with Crippen LogP contribution in [0.4, 0.5) is 11.4 Å². The Kier molecular flexibility index (Phi) is 5.22. The average Bonchev–Trinajstić information content (AvgIpc) is 3.02. The van der Waals surface area contributed by atoms with Crippen LogP contribution in [0.3, 0.4) is 0 Å². The van der Waals surface area contributed by atoms with Crippen LogP contribution >= 0.6 is 11.9 Å². The molecule has 6 nitrogen and oxygen atoms in total. The number of amidine groups is 1. The molecule has 2 heterocycles. The van der Waals surface area contributed by atoms with E-state index in [1.807, 2.05) is 18.2 Å². The average molecular weight is 384 g/mol. The van der Waals surface area contributed by atoms with Crippen molar-refractivity contribution in [3.63, 3.8) is 0 Å². The molecule has 0 saturated heterocycles. The molecule has 2 aliphatic rings. The third-order valence-electron chi connectivity index (χ3n) is 5.12. The lowest BCUT2D eigenvalue weighted by molar-refractivity contribution is 0.462. The van der Waals surface area contributed by atoms with Crippen molar-refractivity contribution in [3.8, 4) is 0 Å². The fraction of sp³-hybridized carbons (Fsp3) is 0.400. The van der Waals surface area contributed by atoms with Crippen LogP contribution in [-0.4, -0.2) is 28.2 Å². The molecule has 142 valence electrons. The van der Waals surface area contributed by atoms with Gasteiger partial charge in [-0.05, 0) is 61.7 Å². The van der Waals surface area contributed by atoms with Crippen molar-refractivity contribution in [1.82, 2.24) is 9.29 Å². The van der Waals surface area contributed by atoms with Gasteiger partial charge in [0, 0.05) is 23.7 Å². The minimum Gasteiger partial charge on any atom is -0.383 e. The highest BCUT2D eigenvalue weighted by Gasteiger charge is 2.19. The maximum atomic E-state index is 12.5. The summed E-state index contributed by atoms with van der Waals surface area (Å²) < 4.78 is 2.18. The number of benzene rings is 1. The van der Waals surface area contributed by atoms with E-state index in [1.54, 1.807) is 18.1 Å². The Bertz CT molecular complexity index is 917. The molecule has 7 heteroatoms. The molecule has 27 heavy (non-hydrogen) atoms. The second-order valence-corrected chi connectivity index (χ2v) is 8.49. The first-order valence-corrected chi connectivity index (χ1v) is 10.2. The number of nitrogens with zero attached hydrogens (tertiary/aromatic N) is 2. The lowest BCUT2D eigenvalue weighted by Crippen LogP contribution is -2.29. The monoisotopic (exact) mass is 383 g/mol. The summed E-state index contributed by atoms with van der Waals surface area (Å²) in [5, 5.41) is 3.51. The molecule has 1 aliphatic heterocycles. The molecular formula is C20H25N5OS. The van der Waals surface area contributed by atoms with Gasteiger partial charge in [-0.15, -0.1) is 0 Å². The zero-order chi connectivity index (χ0) is 18.8. The van der Waals surface area contributed by atoms with Gasteiger partial charge in [-0.3, -0.25) is 4.79 Å². The molecule has 0 radical (unpaired) electrons. The molecule has 0 amide bonds. The van der Waals surface area contributed by atoms with Gasteiger partial charge in [0.1, 0.15) is 11.4 Å². The van der Waals surface area contributed by atoms with E-state index in [0.717, 1.165) is 30.8 Å². The Morgan fingerprint density at radius 2 is 2.11 bits per heavy atom. The molecule has 1 aromatic carbocycles. The SMILES string of the molecule is CN1Cc2cc(N=C(N)c3c(NC4CCCCC4)cc[nH]c3=O)ccc2S1. The smallest absolute Gasteiger partial charge is 0.261 e. The van der Waals surface area contributed by atoms with Gasteiger partial charge in [-0.25, -0.2) is 9.30 Å². The normalized spacial score (nSPS) is 18.5. The number of aromatic amines is 1. The van der Waals surface area contributed by atoms with Crippen LogP contribution in [0.25, 0.3) is 0 Å². The third kappa shape index (κ3) is 4.04. The standard InChI is InChI=1S/C20H25N5OS/c1-25-12-13-11-15(7-8-17(13)27-25)24-19(21)18-16(9-10-22-20(18)26)23-14-5-3-2-4-6-14/h7-11,14H,2-6,12H2,1H3,(H2,21,24)(H2,22,23,26). The molecule has 4 N–H and O–H groups in total. The van der Waals surface area contributed by atoms with Gasteiger partial charge in [0.25, 0.3) is 5.56 Å². The van der Waals surface area contributed by atoms with E-state index >= 15 is 0 Å². The van der Waals surface area contributed by atoms with Crippen LogP contribution in [0.2, 0.25) is 0 Å². The summed E-state index contributed by atoms with van der Waals surface area (Å²) in [4.78, 5) is 21.0. The number of nitrogens with two attached hydrogens (primary N) is 1. The number of pyridine rings is 1. The van der Waals surface area contributed by atoms with Crippen molar-refractivity contribution in [2.24, 2.45) is 10.7 Å². The van der Waals surface area contributed by atoms with Crippen molar-refractivity contribution in [1.29, 1.82) is 0 Å². The second-order valence-electron chi connectivity index (χ2n) is 7.24. The lowest BCUT2D eigenvalue weighted by Gasteiger charge is -2.24. The van der Waals surface area contributed by atoms with Crippen molar-refractivity contribution in [3.05, 3.63) is 51.9 Å². The van der Waals surface area contributed by atoms with Gasteiger partial charge in [0.2, 0.25) is 0 Å². The van der Waals surface area contributed by atoms with Gasteiger partial charge in [0.15, 0.2) is 0 Å². The first-order chi connectivity index (χ1) is 13.1. The molecule has 1 saturated carbocycles. The molecule has 2 aromatic rings. The maximum absolute atomic E-state index is 12.5. The minimum absolute atomic E-state index is 0.214. The fourth-order valence-corrected chi connectivity index (χ4v) is 4.71. The first kappa shape index (κ1) is 18.1. The zero-order valence-corrected chi connectivity index (χ0v) is 16.3. The van der Waals surface area contributed by atoms with Crippen LogP contribution in [0, 0.1) is 0 Å². The van der Waals surface area contributed by atoms with Crippen LogP contribution in [0.1, 0.15) is 43.2 Å². The highest BCUT2D eigenvalue weighted by molar-refractivity contribution is 7.97. The number of rotatable bonds is 4. The van der Waals surface area contributed by atoms with Crippen molar-refractivity contribution in [2.75, 3.05) is 12.4 Å². The third-order valence-corrected chi connectivity index (χ3v) is 6.16. The minimum atomic E-state index is -0.214. The quantitative estimate of drug-likeness (QED) is 0.427. The Labute approximate surface area is 163 Å². The van der Waals surface area contributed by atoms with Crippen molar-refractivity contribution in [2.45, 2.75) is 49.6 Å². The van der Waals surface area contributed by atoms with Gasteiger partial charge in [0.05, 0.1) is 11.4 Å². The van der Waals surface area contributed by atoms with Gasteiger partial charge >= 0.3 is 0 Å². The summed E-state index contributed by atoms with van der Waals surface area (Å²) in [6.07, 6.45) is 7.64. The van der Waals surface area contributed by atoms with E-state index < -0.39 is 0 Å². The van der Waals surface area contributed by atoms with Crippen LogP contribution < -0.4 is 16.6 Å². The molecule has 0 atom stereocenters. The molecule has 0 unspecified atom stereocenters. The van der Waals surface area contributed by atoms with E-state index in [-0.39, 0.29) is 11.4 Å². The zero-order valence-electron chi connectivity index (χ0n) is 15.5. The number of aromatic nitrogens is 1. The van der Waals surface area contributed by atoms with Crippen LogP contribution in [-0.2, 0) is 6.54 Å². The topological polar surface area (TPSA) is 86.5 Å². The molecule has 1 fully saturated rings. The molecule has 0 bridgehead atoms. The number of fused-ring (bicyclic) bond motifs is 1. The summed E-state index contributed by atoms with van der Waals surface area (Å²) in [5.74, 6) is 0.245. The summed E-state index contributed by atoms with van der Waals surface area (Å²) in [5.41, 5.74) is 9.27. The number of aliphatic imine (C=N–C) groups is 1. The highest BCUT2D eigenvalue weighted by atomic mass is 32.2. The fourth-order valence-electron chi connectivity index (χ4n) is 3.80. The van der Waals surface area contributed by atoms with E-state index in [9.17, 15) is 4.79 Å². The number of anilines is 1.